The predicted octanol–water partition coefficient (Wildman–Crippen LogP) is 5.61. The Labute approximate surface area is 219 Å². The highest BCUT2D eigenvalue weighted by molar-refractivity contribution is 5.96. The van der Waals surface area contributed by atoms with E-state index in [4.69, 9.17) is 4.74 Å². The van der Waals surface area contributed by atoms with Crippen LogP contribution in [-0.4, -0.2) is 51.9 Å². The molecule has 0 atom stereocenters. The number of ether oxygens (including phenoxy) is 1. The molecular formula is C30H38FN3O3. The number of benzene rings is 2. The molecule has 0 aliphatic heterocycles. The molecule has 0 N–H and O–H groups in total. The molecular weight excluding hydrogens is 469 g/mol. The Morgan fingerprint density at radius 3 is 2.35 bits per heavy atom. The molecule has 0 spiro atoms. The Hall–Kier alpha value is -3.61. The van der Waals surface area contributed by atoms with E-state index in [1.165, 1.54) is 24.3 Å². The number of methoxy groups -OCH3 is 1. The Morgan fingerprint density at radius 1 is 1.03 bits per heavy atom. The summed E-state index contributed by atoms with van der Waals surface area (Å²) in [7, 11) is 1.65. The first-order valence-corrected chi connectivity index (χ1v) is 12.6. The summed E-state index contributed by atoms with van der Waals surface area (Å²) in [6, 6.07) is 17.4. The first-order chi connectivity index (χ1) is 17.5. The third-order valence-corrected chi connectivity index (χ3v) is 6.13. The molecule has 2 aromatic carbocycles. The molecule has 1 aromatic heterocycles. The van der Waals surface area contributed by atoms with Gasteiger partial charge in [0.05, 0.1) is 13.7 Å². The SMILES string of the molecule is COc1cccc(Cn2cccc2CN(C(=O)CN(CC(C)C)C(=O)c2ccc(F)cc2)C(C)(C)C)c1. The summed E-state index contributed by atoms with van der Waals surface area (Å²) in [5.74, 6) is 0.142. The van der Waals surface area contributed by atoms with Crippen molar-refractivity contribution in [3.05, 3.63) is 89.5 Å². The number of rotatable bonds is 10. The van der Waals surface area contributed by atoms with E-state index in [-0.39, 0.29) is 24.3 Å². The first kappa shape index (κ1) is 28.0. The second kappa shape index (κ2) is 12.1. The van der Waals surface area contributed by atoms with Gasteiger partial charge in [0.2, 0.25) is 5.91 Å². The summed E-state index contributed by atoms with van der Waals surface area (Å²) in [6.45, 7) is 11.4. The van der Waals surface area contributed by atoms with Gasteiger partial charge >= 0.3 is 0 Å². The molecule has 0 aliphatic rings. The molecule has 0 aliphatic carbocycles. The van der Waals surface area contributed by atoms with Gasteiger partial charge in [-0.2, -0.15) is 0 Å². The predicted molar refractivity (Wildman–Crippen MR) is 144 cm³/mol. The van der Waals surface area contributed by atoms with E-state index in [0.717, 1.165) is 17.0 Å². The molecule has 3 rings (SSSR count). The minimum atomic E-state index is -0.468. The summed E-state index contributed by atoms with van der Waals surface area (Å²) < 4.78 is 20.9. The molecule has 7 heteroatoms. The van der Waals surface area contributed by atoms with E-state index < -0.39 is 11.4 Å². The highest BCUT2D eigenvalue weighted by atomic mass is 19.1. The maximum Gasteiger partial charge on any atom is 0.254 e. The van der Waals surface area contributed by atoms with Gasteiger partial charge < -0.3 is 19.1 Å². The van der Waals surface area contributed by atoms with Crippen molar-refractivity contribution in [1.29, 1.82) is 0 Å². The molecule has 1 heterocycles. The third-order valence-electron chi connectivity index (χ3n) is 6.13. The maximum absolute atomic E-state index is 13.7. The Balaban J connectivity index is 1.81. The minimum absolute atomic E-state index is 0.0533. The highest BCUT2D eigenvalue weighted by Gasteiger charge is 2.30. The van der Waals surface area contributed by atoms with E-state index in [1.54, 1.807) is 12.0 Å². The van der Waals surface area contributed by atoms with Gasteiger partial charge in [-0.1, -0.05) is 26.0 Å². The van der Waals surface area contributed by atoms with Crippen LogP contribution < -0.4 is 4.74 Å². The average Bonchev–Trinajstić information content (AvgIpc) is 3.27. The number of carbonyl (C=O) groups excluding carboxylic acids is 2. The van der Waals surface area contributed by atoms with Crippen LogP contribution in [0.15, 0.2) is 66.9 Å². The van der Waals surface area contributed by atoms with Crippen molar-refractivity contribution in [3.8, 4) is 5.75 Å². The molecule has 0 saturated carbocycles. The number of nitrogens with zero attached hydrogens (tertiary/aromatic N) is 3. The molecule has 0 bridgehead atoms. The summed E-state index contributed by atoms with van der Waals surface area (Å²) in [6.07, 6.45) is 2.00. The van der Waals surface area contributed by atoms with Crippen LogP contribution in [0, 0.1) is 11.7 Å². The zero-order chi connectivity index (χ0) is 27.2. The number of hydrogen-bond acceptors (Lipinski definition) is 3. The number of amides is 2. The first-order valence-electron chi connectivity index (χ1n) is 12.6. The van der Waals surface area contributed by atoms with Gasteiger partial charge in [0.15, 0.2) is 0 Å². The fourth-order valence-electron chi connectivity index (χ4n) is 4.26. The van der Waals surface area contributed by atoms with E-state index in [9.17, 15) is 14.0 Å². The summed E-state index contributed by atoms with van der Waals surface area (Å²) >= 11 is 0. The van der Waals surface area contributed by atoms with Crippen LogP contribution in [0.3, 0.4) is 0 Å². The fourth-order valence-corrected chi connectivity index (χ4v) is 4.26. The lowest BCUT2D eigenvalue weighted by Gasteiger charge is -2.37. The van der Waals surface area contributed by atoms with Crippen LogP contribution >= 0.6 is 0 Å². The van der Waals surface area contributed by atoms with Crippen molar-refractivity contribution in [2.45, 2.75) is 53.2 Å². The van der Waals surface area contributed by atoms with Crippen LogP contribution in [0.2, 0.25) is 0 Å². The molecule has 0 unspecified atom stereocenters. The fraction of sp³-hybridized carbons (Fsp3) is 0.400. The molecule has 0 radical (unpaired) electrons. The van der Waals surface area contributed by atoms with E-state index in [0.29, 0.717) is 25.2 Å². The highest BCUT2D eigenvalue weighted by Crippen LogP contribution is 2.21. The quantitative estimate of drug-likeness (QED) is 0.358. The lowest BCUT2D eigenvalue weighted by atomic mass is 10.0. The van der Waals surface area contributed by atoms with Crippen molar-refractivity contribution in [1.82, 2.24) is 14.4 Å². The van der Waals surface area contributed by atoms with Crippen LogP contribution in [0.1, 0.15) is 56.2 Å². The second-order valence-corrected chi connectivity index (χ2v) is 10.7. The van der Waals surface area contributed by atoms with Gasteiger partial charge in [-0.05, 0) is 80.8 Å². The van der Waals surface area contributed by atoms with Crippen molar-refractivity contribution in [2.75, 3.05) is 20.2 Å². The Bertz CT molecular complexity index is 1200. The van der Waals surface area contributed by atoms with Gasteiger partial charge in [-0.3, -0.25) is 9.59 Å². The standard InChI is InChI=1S/C30H38FN3O3/c1-22(2)18-33(29(36)24-12-14-25(31)15-13-24)21-28(35)34(30(3,4)5)20-26-10-8-16-32(26)19-23-9-7-11-27(17-23)37-6/h7-17,22H,18-21H2,1-6H3. The van der Waals surface area contributed by atoms with Gasteiger partial charge in [-0.25, -0.2) is 4.39 Å². The van der Waals surface area contributed by atoms with Crippen LogP contribution in [0.4, 0.5) is 4.39 Å². The van der Waals surface area contributed by atoms with Crippen molar-refractivity contribution in [2.24, 2.45) is 5.92 Å². The van der Waals surface area contributed by atoms with Gasteiger partial charge in [-0.15, -0.1) is 0 Å². The Kier molecular flexibility index (Phi) is 9.14. The van der Waals surface area contributed by atoms with E-state index in [2.05, 4.69) is 4.57 Å². The summed E-state index contributed by atoms with van der Waals surface area (Å²) in [4.78, 5) is 30.3. The number of halogens is 1. The summed E-state index contributed by atoms with van der Waals surface area (Å²) in [5.41, 5.74) is 1.99. The van der Waals surface area contributed by atoms with E-state index in [1.807, 2.05) is 82.1 Å². The smallest absolute Gasteiger partial charge is 0.254 e. The normalized spacial score (nSPS) is 11.5. The van der Waals surface area contributed by atoms with Crippen molar-refractivity contribution < 1.29 is 18.7 Å². The van der Waals surface area contributed by atoms with Crippen LogP contribution in [0.25, 0.3) is 0 Å². The van der Waals surface area contributed by atoms with Crippen LogP contribution in [0.5, 0.6) is 5.75 Å². The van der Waals surface area contributed by atoms with Crippen molar-refractivity contribution >= 4 is 11.8 Å². The lowest BCUT2D eigenvalue weighted by Crippen LogP contribution is -2.50. The average molecular weight is 508 g/mol. The lowest BCUT2D eigenvalue weighted by molar-refractivity contribution is -0.137. The van der Waals surface area contributed by atoms with Crippen LogP contribution in [-0.2, 0) is 17.9 Å². The Morgan fingerprint density at radius 2 is 1.73 bits per heavy atom. The minimum Gasteiger partial charge on any atom is -0.497 e. The second-order valence-electron chi connectivity index (χ2n) is 10.7. The largest absolute Gasteiger partial charge is 0.497 e. The van der Waals surface area contributed by atoms with E-state index >= 15 is 0 Å². The van der Waals surface area contributed by atoms with Crippen molar-refractivity contribution in [3.63, 3.8) is 0 Å². The maximum atomic E-state index is 13.7. The number of aromatic nitrogens is 1. The molecule has 2 amide bonds. The summed E-state index contributed by atoms with van der Waals surface area (Å²) in [5, 5.41) is 0. The molecule has 0 saturated heterocycles. The zero-order valence-corrected chi connectivity index (χ0v) is 22.7. The monoisotopic (exact) mass is 507 g/mol. The van der Waals surface area contributed by atoms with Gasteiger partial charge in [0.1, 0.15) is 18.1 Å². The molecule has 0 fully saturated rings. The molecule has 6 nitrogen and oxygen atoms in total. The molecule has 37 heavy (non-hydrogen) atoms. The van der Waals surface area contributed by atoms with Gasteiger partial charge in [0.25, 0.3) is 5.91 Å². The number of carbonyl (C=O) groups is 2. The molecule has 198 valence electrons. The zero-order valence-electron chi connectivity index (χ0n) is 22.7. The number of hydrogen-bond donors (Lipinski definition) is 0. The third kappa shape index (κ3) is 7.68. The van der Waals surface area contributed by atoms with Gasteiger partial charge in [0, 0.05) is 36.1 Å². The topological polar surface area (TPSA) is 54.8 Å². The molecule has 3 aromatic rings.